The Bertz CT molecular complexity index is 858. The van der Waals surface area contributed by atoms with Gasteiger partial charge in [0, 0.05) is 0 Å². The Hall–Kier alpha value is -1.05. The van der Waals surface area contributed by atoms with Crippen molar-refractivity contribution >= 4 is 36.6 Å². The van der Waals surface area contributed by atoms with Crippen LogP contribution in [0, 0.1) is 11.6 Å². The van der Waals surface area contributed by atoms with E-state index in [4.69, 9.17) is 17.0 Å². The van der Waals surface area contributed by atoms with E-state index in [0.29, 0.717) is 28.0 Å². The molecule has 3 rings (SSSR count). The Kier molecular flexibility index (Phi) is 4.70. The first-order valence-electron chi connectivity index (χ1n) is 7.80. The molecule has 3 N–H and O–H groups in total. The van der Waals surface area contributed by atoms with Gasteiger partial charge in [0.05, 0.1) is 12.4 Å². The number of hydrogen-bond donors (Lipinski definition) is 3. The lowest BCUT2D eigenvalue weighted by atomic mass is 10.1. The summed E-state index contributed by atoms with van der Waals surface area (Å²) in [6.07, 6.45) is 4.19. The molecule has 0 saturated carbocycles. The summed E-state index contributed by atoms with van der Waals surface area (Å²) in [7, 11) is 0. The molecule has 0 aromatic carbocycles. The summed E-state index contributed by atoms with van der Waals surface area (Å²) < 4.78 is 8.03. The van der Waals surface area contributed by atoms with Gasteiger partial charge in [0.1, 0.15) is 29.2 Å². The molecule has 7 nitrogen and oxygen atoms in total. The molecule has 1 fully saturated rings. The molecule has 2 unspecified atom stereocenters. The van der Waals surface area contributed by atoms with Crippen molar-refractivity contribution in [2.75, 3.05) is 19.5 Å². The Labute approximate surface area is 145 Å². The highest BCUT2D eigenvalue weighted by Crippen LogP contribution is 2.39. The van der Waals surface area contributed by atoms with Crippen LogP contribution in [-0.4, -0.2) is 73.8 Å². The zero-order valence-electron chi connectivity index (χ0n) is 14.0. The molecule has 0 amide bonds. The number of aryl methyl sites for hydroxylation is 1. The van der Waals surface area contributed by atoms with Gasteiger partial charge in [0.25, 0.3) is 0 Å². The second kappa shape index (κ2) is 6.35. The molecule has 132 valence electrons. The van der Waals surface area contributed by atoms with Crippen LogP contribution in [0.1, 0.15) is 18.5 Å². The first-order chi connectivity index (χ1) is 11.2. The molecule has 1 aliphatic rings. The first kappa shape index (κ1) is 17.8. The monoisotopic (exact) mass is 370 g/mol. The number of aliphatic hydroxyl groups excluding tert-OH is 2. The van der Waals surface area contributed by atoms with E-state index in [-0.39, 0.29) is 0 Å². The van der Waals surface area contributed by atoms with Crippen LogP contribution < -0.4 is 0 Å². The van der Waals surface area contributed by atoms with Crippen LogP contribution in [0.3, 0.4) is 0 Å². The van der Waals surface area contributed by atoms with Gasteiger partial charge in [-0.25, -0.2) is 9.97 Å². The molecular weight excluding hydrogens is 347 g/mol. The van der Waals surface area contributed by atoms with Crippen LogP contribution in [-0.2, 0) is 4.74 Å². The van der Waals surface area contributed by atoms with E-state index in [0.717, 1.165) is 6.16 Å². The number of hydrogen-bond acceptors (Lipinski definition) is 6. The van der Waals surface area contributed by atoms with E-state index >= 15 is 0 Å². The largest absolute Gasteiger partial charge is 0.388 e. The van der Waals surface area contributed by atoms with Crippen molar-refractivity contribution in [3.05, 3.63) is 16.8 Å². The van der Waals surface area contributed by atoms with Crippen molar-refractivity contribution in [3.8, 4) is 0 Å². The van der Waals surface area contributed by atoms with Gasteiger partial charge in [-0.3, -0.25) is 4.57 Å². The van der Waals surface area contributed by atoms with E-state index in [1.165, 1.54) is 0 Å². The van der Waals surface area contributed by atoms with E-state index in [9.17, 15) is 10.2 Å². The van der Waals surface area contributed by atoms with Gasteiger partial charge in [-0.05, 0) is 32.8 Å². The quantitative estimate of drug-likeness (QED) is 0.558. The van der Waals surface area contributed by atoms with Gasteiger partial charge in [0.15, 0.2) is 10.9 Å². The van der Waals surface area contributed by atoms with Crippen LogP contribution in [0.15, 0.2) is 6.33 Å². The smallest absolute Gasteiger partial charge is 0.165 e. The number of aromatic amines is 1. The zero-order valence-corrected chi connectivity index (χ0v) is 15.7. The maximum absolute atomic E-state index is 10.4. The second-order valence-electron chi connectivity index (χ2n) is 6.97. The summed E-state index contributed by atoms with van der Waals surface area (Å²) in [5.74, 6) is 0.655. The lowest BCUT2D eigenvalue weighted by Gasteiger charge is -2.18. The van der Waals surface area contributed by atoms with Crippen molar-refractivity contribution in [1.29, 1.82) is 0 Å². The molecule has 2 aromatic rings. The average Bonchev–Trinajstić information content (AvgIpc) is 3.00. The normalized spacial score (nSPS) is 27.9. The molecule has 24 heavy (non-hydrogen) atoms. The maximum atomic E-state index is 10.4. The van der Waals surface area contributed by atoms with Gasteiger partial charge in [-0.1, -0.05) is 12.2 Å². The highest BCUT2D eigenvalue weighted by molar-refractivity contribution is 7.72. The van der Waals surface area contributed by atoms with Crippen LogP contribution in [0.4, 0.5) is 0 Å². The van der Waals surface area contributed by atoms with Crippen molar-refractivity contribution in [2.45, 2.75) is 37.9 Å². The third-order valence-electron chi connectivity index (χ3n) is 4.20. The first-order valence-corrected chi connectivity index (χ1v) is 11.3. The fourth-order valence-electron chi connectivity index (χ4n) is 2.91. The average molecular weight is 370 g/mol. The Morgan fingerprint density at radius 2 is 2.12 bits per heavy atom. The number of ether oxygens (including phenoxy) is 1. The number of imidazole rings is 1. The third kappa shape index (κ3) is 3.34. The Morgan fingerprint density at radius 1 is 1.42 bits per heavy atom. The zero-order chi connectivity index (χ0) is 17.6. The number of rotatable bonds is 4. The third-order valence-corrected chi connectivity index (χ3v) is 5.95. The predicted molar refractivity (Wildman–Crippen MR) is 98.7 cm³/mol. The minimum absolute atomic E-state index is 0.396. The van der Waals surface area contributed by atoms with Gasteiger partial charge in [0.2, 0.25) is 0 Å². The van der Waals surface area contributed by atoms with Crippen LogP contribution in [0.5, 0.6) is 0 Å². The Balaban J connectivity index is 1.90. The predicted octanol–water partition coefficient (Wildman–Crippen LogP) is 1.52. The van der Waals surface area contributed by atoms with Gasteiger partial charge in [-0.15, -0.1) is 13.2 Å². The molecule has 1 saturated heterocycles. The summed E-state index contributed by atoms with van der Waals surface area (Å²) in [4.78, 5) is 11.5. The summed E-state index contributed by atoms with van der Waals surface area (Å²) in [5, 5.41) is 20.8. The molecule has 0 radical (unpaired) electrons. The highest BCUT2D eigenvalue weighted by Gasteiger charge is 2.44. The maximum Gasteiger partial charge on any atom is 0.165 e. The molecule has 2 aromatic heterocycles. The molecule has 1 aliphatic heterocycles. The molecular formula is C15H23N4O3PS. The molecule has 4 atom stereocenters. The molecule has 0 bridgehead atoms. The SMILES string of the molecule is C=P(C)(C)CC[C@H]1OC(n2cnc3c(=S)nc(C)[nH]c32)C(O)[C@@H]1O. The number of fused-ring (bicyclic) bond motifs is 1. The number of aliphatic hydroxyl groups is 2. The topological polar surface area (TPSA) is 96.2 Å². The minimum atomic E-state index is -1.22. The highest BCUT2D eigenvalue weighted by atomic mass is 32.1. The van der Waals surface area contributed by atoms with Crippen molar-refractivity contribution in [3.63, 3.8) is 0 Å². The van der Waals surface area contributed by atoms with Crippen LogP contribution in [0.25, 0.3) is 11.2 Å². The number of nitrogens with zero attached hydrogens (tertiary/aromatic N) is 3. The van der Waals surface area contributed by atoms with Gasteiger partial charge >= 0.3 is 0 Å². The fourth-order valence-corrected chi connectivity index (χ4v) is 4.15. The van der Waals surface area contributed by atoms with Crippen molar-refractivity contribution in [2.24, 2.45) is 0 Å². The lowest BCUT2D eigenvalue weighted by molar-refractivity contribution is -0.0353. The molecule has 0 spiro atoms. The second-order valence-corrected chi connectivity index (χ2v) is 11.7. The minimum Gasteiger partial charge on any atom is -0.388 e. The van der Waals surface area contributed by atoms with Crippen LogP contribution in [0.2, 0.25) is 0 Å². The number of aromatic nitrogens is 4. The van der Waals surface area contributed by atoms with E-state index in [1.54, 1.807) is 17.8 Å². The van der Waals surface area contributed by atoms with Gasteiger partial charge < -0.3 is 19.9 Å². The Morgan fingerprint density at radius 3 is 2.79 bits per heavy atom. The number of H-pyrrole nitrogens is 1. The molecule has 0 aliphatic carbocycles. The van der Waals surface area contributed by atoms with Crippen molar-refractivity contribution < 1.29 is 14.9 Å². The standard InChI is InChI=1S/C15H23N4O3PS/c1-8-17-13-10(14(24)18-8)16-7-19(13)15-12(21)11(20)9(22-15)5-6-23(2,3)4/h7,9,11-12,15,20-21H,2,5-6H2,1,3-4H3,(H,17,18,24)/t9-,11-,12?,15?/m1/s1. The van der Waals surface area contributed by atoms with Crippen molar-refractivity contribution in [1.82, 2.24) is 19.5 Å². The number of nitrogens with one attached hydrogen (secondary N) is 1. The van der Waals surface area contributed by atoms with E-state index in [1.807, 2.05) is 0 Å². The fraction of sp³-hybridized carbons (Fsp3) is 0.600. The molecule has 9 heteroatoms. The van der Waals surface area contributed by atoms with Gasteiger partial charge in [-0.2, -0.15) is 0 Å². The summed E-state index contributed by atoms with van der Waals surface area (Å²) in [5.41, 5.74) is 1.18. The summed E-state index contributed by atoms with van der Waals surface area (Å²) in [6.45, 7) is 4.87. The lowest BCUT2D eigenvalue weighted by Crippen LogP contribution is -2.31. The van der Waals surface area contributed by atoms with E-state index < -0.39 is 31.4 Å². The summed E-state index contributed by atoms with van der Waals surface area (Å²) in [6, 6.07) is 0. The summed E-state index contributed by atoms with van der Waals surface area (Å²) >= 11 is 5.22. The van der Waals surface area contributed by atoms with Crippen LogP contribution >= 0.6 is 19.1 Å². The van der Waals surface area contributed by atoms with E-state index in [2.05, 4.69) is 34.6 Å². The molecule has 3 heterocycles.